The molecule has 1 heterocycles. The fourth-order valence-electron chi connectivity index (χ4n) is 2.04. The van der Waals surface area contributed by atoms with E-state index in [0.717, 1.165) is 4.90 Å². The van der Waals surface area contributed by atoms with Crippen LogP contribution in [0.15, 0.2) is 75.1 Å². The summed E-state index contributed by atoms with van der Waals surface area (Å²) < 4.78 is 18.7. The molecule has 0 N–H and O–H groups in total. The highest BCUT2D eigenvalue weighted by Crippen LogP contribution is 2.31. The number of hydrogen-bond donors (Lipinski definition) is 0. The second-order valence-corrected chi connectivity index (χ2v) is 6.40. The summed E-state index contributed by atoms with van der Waals surface area (Å²) in [5, 5.41) is 10.7. The SMILES string of the molecule is N#CC(=Cc1ccc(Sc2ccc(Cl)cc2)o1)c1ccc(F)cc1. The van der Waals surface area contributed by atoms with Crippen LogP contribution in [0, 0.1) is 17.1 Å². The molecule has 0 amide bonds. The molecular weight excluding hydrogens is 345 g/mol. The molecule has 2 aromatic carbocycles. The zero-order valence-electron chi connectivity index (χ0n) is 12.4. The summed E-state index contributed by atoms with van der Waals surface area (Å²) in [5.74, 6) is 0.225. The van der Waals surface area contributed by atoms with E-state index in [1.165, 1.54) is 23.9 Å². The Kier molecular flexibility index (Phi) is 5.05. The van der Waals surface area contributed by atoms with E-state index in [0.29, 0.717) is 27.0 Å². The molecule has 0 fully saturated rings. The van der Waals surface area contributed by atoms with Crippen LogP contribution < -0.4 is 0 Å². The summed E-state index contributed by atoms with van der Waals surface area (Å²) in [6.45, 7) is 0. The Morgan fingerprint density at radius 3 is 2.42 bits per heavy atom. The third-order valence-corrected chi connectivity index (χ3v) is 4.38. The number of allylic oxidation sites excluding steroid dienone is 1. The first-order valence-corrected chi connectivity index (χ1v) is 8.24. The Bertz CT molecular complexity index is 908. The Morgan fingerprint density at radius 2 is 1.75 bits per heavy atom. The van der Waals surface area contributed by atoms with Crippen molar-refractivity contribution in [1.82, 2.24) is 0 Å². The minimum atomic E-state index is -0.337. The number of benzene rings is 2. The van der Waals surface area contributed by atoms with Crippen molar-refractivity contribution >= 4 is 35.0 Å². The molecule has 0 spiro atoms. The van der Waals surface area contributed by atoms with E-state index in [9.17, 15) is 9.65 Å². The smallest absolute Gasteiger partial charge is 0.165 e. The zero-order valence-corrected chi connectivity index (χ0v) is 13.9. The quantitative estimate of drug-likeness (QED) is 0.516. The lowest BCUT2D eigenvalue weighted by Crippen LogP contribution is -1.82. The van der Waals surface area contributed by atoms with E-state index in [2.05, 4.69) is 6.07 Å². The van der Waals surface area contributed by atoms with Crippen molar-refractivity contribution in [2.45, 2.75) is 9.99 Å². The fourth-order valence-corrected chi connectivity index (χ4v) is 2.94. The molecule has 0 aliphatic heterocycles. The van der Waals surface area contributed by atoms with Crippen LogP contribution in [-0.4, -0.2) is 0 Å². The lowest BCUT2D eigenvalue weighted by molar-refractivity contribution is 0.466. The first-order valence-electron chi connectivity index (χ1n) is 7.05. The summed E-state index contributed by atoms with van der Waals surface area (Å²) in [4.78, 5) is 1.00. The number of nitriles is 1. The van der Waals surface area contributed by atoms with Crippen molar-refractivity contribution in [2.75, 3.05) is 0 Å². The molecule has 0 radical (unpaired) electrons. The van der Waals surface area contributed by atoms with Gasteiger partial charge in [0.15, 0.2) is 5.09 Å². The van der Waals surface area contributed by atoms with Crippen LogP contribution in [0.1, 0.15) is 11.3 Å². The molecule has 3 aromatic rings. The Balaban J connectivity index is 1.80. The Morgan fingerprint density at radius 1 is 1.04 bits per heavy atom. The second-order valence-electron chi connectivity index (χ2n) is 4.89. The highest BCUT2D eigenvalue weighted by atomic mass is 35.5. The molecule has 5 heteroatoms. The number of hydrogen-bond acceptors (Lipinski definition) is 3. The highest BCUT2D eigenvalue weighted by Gasteiger charge is 2.06. The van der Waals surface area contributed by atoms with Gasteiger partial charge >= 0.3 is 0 Å². The minimum absolute atomic E-state index is 0.337. The summed E-state index contributed by atoms with van der Waals surface area (Å²) in [5.41, 5.74) is 1.05. The second kappa shape index (κ2) is 7.39. The number of furan rings is 1. The zero-order chi connectivity index (χ0) is 16.9. The van der Waals surface area contributed by atoms with Crippen LogP contribution >= 0.6 is 23.4 Å². The van der Waals surface area contributed by atoms with Crippen molar-refractivity contribution in [2.24, 2.45) is 0 Å². The third kappa shape index (κ3) is 4.08. The third-order valence-electron chi connectivity index (χ3n) is 3.20. The van der Waals surface area contributed by atoms with E-state index >= 15 is 0 Å². The topological polar surface area (TPSA) is 36.9 Å². The largest absolute Gasteiger partial charge is 0.450 e. The van der Waals surface area contributed by atoms with Crippen LogP contribution in [-0.2, 0) is 0 Å². The van der Waals surface area contributed by atoms with Crippen molar-refractivity contribution in [3.8, 4) is 6.07 Å². The van der Waals surface area contributed by atoms with Gasteiger partial charge in [0, 0.05) is 9.92 Å². The van der Waals surface area contributed by atoms with Crippen molar-refractivity contribution in [3.63, 3.8) is 0 Å². The number of halogens is 2. The molecule has 24 heavy (non-hydrogen) atoms. The first kappa shape index (κ1) is 16.4. The summed E-state index contributed by atoms with van der Waals surface area (Å²) >= 11 is 7.33. The molecule has 0 saturated heterocycles. The van der Waals surface area contributed by atoms with Gasteiger partial charge in [0.25, 0.3) is 0 Å². The maximum Gasteiger partial charge on any atom is 0.165 e. The lowest BCUT2D eigenvalue weighted by atomic mass is 10.1. The van der Waals surface area contributed by atoms with Gasteiger partial charge in [-0.1, -0.05) is 35.5 Å². The average molecular weight is 356 g/mol. The van der Waals surface area contributed by atoms with Gasteiger partial charge in [-0.15, -0.1) is 0 Å². The van der Waals surface area contributed by atoms with Crippen LogP contribution in [0.4, 0.5) is 4.39 Å². The van der Waals surface area contributed by atoms with E-state index in [1.54, 1.807) is 24.3 Å². The summed E-state index contributed by atoms with van der Waals surface area (Å²) in [7, 11) is 0. The van der Waals surface area contributed by atoms with Crippen LogP contribution in [0.2, 0.25) is 5.02 Å². The van der Waals surface area contributed by atoms with Gasteiger partial charge in [-0.05, 0) is 60.2 Å². The standard InChI is InChI=1S/C19H11ClFNOS/c20-15-3-8-18(9-4-15)24-19-10-7-17(23-19)11-14(12-22)13-1-5-16(21)6-2-13/h1-11H. The lowest BCUT2D eigenvalue weighted by Gasteiger charge is -1.99. The minimum Gasteiger partial charge on any atom is -0.450 e. The summed E-state index contributed by atoms with van der Waals surface area (Å²) in [6, 6.07) is 19.0. The molecule has 0 bridgehead atoms. The molecule has 0 unspecified atom stereocenters. The van der Waals surface area contributed by atoms with Gasteiger partial charge in [-0.3, -0.25) is 0 Å². The van der Waals surface area contributed by atoms with Crippen molar-refractivity contribution in [3.05, 3.63) is 82.8 Å². The fraction of sp³-hybridized carbons (Fsp3) is 0. The van der Waals surface area contributed by atoms with Crippen molar-refractivity contribution < 1.29 is 8.81 Å². The van der Waals surface area contributed by atoms with E-state index in [1.807, 2.05) is 30.3 Å². The number of rotatable bonds is 4. The molecule has 2 nitrogen and oxygen atoms in total. The molecule has 118 valence electrons. The predicted octanol–water partition coefficient (Wildman–Crippen LogP) is 6.29. The predicted molar refractivity (Wildman–Crippen MR) is 94.2 cm³/mol. The van der Waals surface area contributed by atoms with E-state index in [-0.39, 0.29) is 5.82 Å². The van der Waals surface area contributed by atoms with E-state index < -0.39 is 0 Å². The molecule has 0 aliphatic rings. The molecular formula is C19H11ClFNOS. The normalized spacial score (nSPS) is 11.3. The first-order chi connectivity index (χ1) is 11.6. The van der Waals surface area contributed by atoms with Gasteiger partial charge < -0.3 is 4.42 Å². The monoisotopic (exact) mass is 355 g/mol. The summed E-state index contributed by atoms with van der Waals surface area (Å²) in [6.07, 6.45) is 1.64. The Hall–Kier alpha value is -2.48. The molecule has 0 saturated carbocycles. The van der Waals surface area contributed by atoms with E-state index in [4.69, 9.17) is 16.0 Å². The van der Waals surface area contributed by atoms with Gasteiger partial charge in [0.1, 0.15) is 11.6 Å². The van der Waals surface area contributed by atoms with Crippen LogP contribution in [0.5, 0.6) is 0 Å². The van der Waals surface area contributed by atoms with Crippen LogP contribution in [0.25, 0.3) is 11.6 Å². The molecule has 0 atom stereocenters. The Labute approximate surface area is 148 Å². The average Bonchev–Trinajstić information content (AvgIpc) is 3.03. The number of nitrogens with zero attached hydrogens (tertiary/aromatic N) is 1. The van der Waals surface area contributed by atoms with Gasteiger partial charge in [0.05, 0.1) is 11.6 Å². The maximum absolute atomic E-state index is 13.0. The van der Waals surface area contributed by atoms with Crippen molar-refractivity contribution in [1.29, 1.82) is 5.26 Å². The van der Waals surface area contributed by atoms with Gasteiger partial charge in [-0.25, -0.2) is 4.39 Å². The molecule has 0 aliphatic carbocycles. The van der Waals surface area contributed by atoms with Crippen LogP contribution in [0.3, 0.4) is 0 Å². The van der Waals surface area contributed by atoms with Gasteiger partial charge in [-0.2, -0.15) is 5.26 Å². The highest BCUT2D eigenvalue weighted by molar-refractivity contribution is 7.99. The van der Waals surface area contributed by atoms with Gasteiger partial charge in [0.2, 0.25) is 0 Å². The maximum atomic E-state index is 13.0. The molecule has 1 aromatic heterocycles. The molecule has 3 rings (SSSR count).